The van der Waals surface area contributed by atoms with Crippen LogP contribution in [-0.2, 0) is 0 Å². The number of hydrogen-bond acceptors (Lipinski definition) is 2. The Kier molecular flexibility index (Phi) is 4.53. The topological polar surface area (TPSA) is 29.3 Å². The summed E-state index contributed by atoms with van der Waals surface area (Å²) in [5, 5.41) is 0. The van der Waals surface area contributed by atoms with Gasteiger partial charge in [-0.05, 0) is 57.5 Å². The number of hydrogen-bond donors (Lipinski definition) is 1. The third-order valence-electron chi connectivity index (χ3n) is 4.46. The summed E-state index contributed by atoms with van der Waals surface area (Å²) < 4.78 is 27.1. The van der Waals surface area contributed by atoms with Crippen molar-refractivity contribution in [1.29, 1.82) is 0 Å². The molecule has 0 amide bonds. The van der Waals surface area contributed by atoms with Gasteiger partial charge in [0.15, 0.2) is 0 Å². The smallest absolute Gasteiger partial charge is 0.128 e. The Balaban J connectivity index is 2.18. The molecule has 0 heterocycles. The van der Waals surface area contributed by atoms with Gasteiger partial charge in [-0.3, -0.25) is 4.90 Å². The molecule has 106 valence electrons. The second kappa shape index (κ2) is 5.97. The Hall–Kier alpha value is -1.00. The molecule has 3 atom stereocenters. The molecular weight excluding hydrogens is 246 g/mol. The summed E-state index contributed by atoms with van der Waals surface area (Å²) in [7, 11) is 1.98. The quantitative estimate of drug-likeness (QED) is 0.909. The lowest BCUT2D eigenvalue weighted by molar-refractivity contribution is 0.149. The molecule has 3 unspecified atom stereocenters. The van der Waals surface area contributed by atoms with Crippen molar-refractivity contribution in [1.82, 2.24) is 4.90 Å². The van der Waals surface area contributed by atoms with Gasteiger partial charge in [0, 0.05) is 17.6 Å². The van der Waals surface area contributed by atoms with Crippen LogP contribution in [0.3, 0.4) is 0 Å². The summed E-state index contributed by atoms with van der Waals surface area (Å²) in [6.07, 6.45) is 3.37. The van der Waals surface area contributed by atoms with Crippen LogP contribution in [0.5, 0.6) is 0 Å². The number of rotatable bonds is 4. The first-order chi connectivity index (χ1) is 9.04. The molecule has 4 heteroatoms. The second-order valence-corrected chi connectivity index (χ2v) is 5.50. The number of nitrogens with zero attached hydrogens (tertiary/aromatic N) is 1. The number of nitrogens with two attached hydrogens (primary N) is 1. The maximum Gasteiger partial charge on any atom is 0.128 e. The molecule has 1 aliphatic carbocycles. The minimum Gasteiger partial charge on any atom is -0.330 e. The molecule has 1 aromatic rings. The van der Waals surface area contributed by atoms with Gasteiger partial charge in [0.05, 0.1) is 0 Å². The monoisotopic (exact) mass is 268 g/mol. The minimum absolute atomic E-state index is 0.146. The number of benzene rings is 1. The number of halogens is 2. The van der Waals surface area contributed by atoms with Gasteiger partial charge in [0.25, 0.3) is 0 Å². The van der Waals surface area contributed by atoms with Gasteiger partial charge in [-0.15, -0.1) is 0 Å². The second-order valence-electron chi connectivity index (χ2n) is 5.50. The van der Waals surface area contributed by atoms with Crippen molar-refractivity contribution < 1.29 is 8.78 Å². The molecule has 1 aliphatic rings. The van der Waals surface area contributed by atoms with Crippen LogP contribution in [0.2, 0.25) is 0 Å². The summed E-state index contributed by atoms with van der Waals surface area (Å²) in [6, 6.07) is 3.87. The molecule has 0 saturated heterocycles. The van der Waals surface area contributed by atoms with Crippen molar-refractivity contribution in [3.63, 3.8) is 0 Å². The van der Waals surface area contributed by atoms with Crippen LogP contribution in [0.1, 0.15) is 37.8 Å². The van der Waals surface area contributed by atoms with E-state index in [9.17, 15) is 8.78 Å². The lowest BCUT2D eigenvalue weighted by atomic mass is 9.98. The minimum atomic E-state index is -0.390. The van der Waals surface area contributed by atoms with Crippen molar-refractivity contribution in [2.75, 3.05) is 13.6 Å². The lowest BCUT2D eigenvalue weighted by Gasteiger charge is -2.34. The summed E-state index contributed by atoms with van der Waals surface area (Å²) >= 11 is 0. The fourth-order valence-corrected chi connectivity index (χ4v) is 3.17. The Labute approximate surface area is 113 Å². The molecule has 0 radical (unpaired) electrons. The fraction of sp³-hybridized carbons (Fsp3) is 0.600. The Morgan fingerprint density at radius 1 is 1.37 bits per heavy atom. The van der Waals surface area contributed by atoms with Crippen molar-refractivity contribution in [2.45, 2.75) is 38.3 Å². The van der Waals surface area contributed by atoms with Crippen LogP contribution in [0, 0.1) is 17.6 Å². The fourth-order valence-electron chi connectivity index (χ4n) is 3.17. The zero-order valence-electron chi connectivity index (χ0n) is 11.6. The molecule has 1 aromatic carbocycles. The van der Waals surface area contributed by atoms with Gasteiger partial charge in [0.2, 0.25) is 0 Å². The van der Waals surface area contributed by atoms with E-state index in [1.807, 2.05) is 14.0 Å². The standard InChI is InChI=1S/C15H22F2N2/c1-10(13-8-12(16)6-7-14(13)17)19(2)15-5-3-4-11(15)9-18/h6-8,10-11,15H,3-5,9,18H2,1-2H3. The summed E-state index contributed by atoms with van der Waals surface area (Å²) in [5.74, 6) is -0.273. The van der Waals surface area contributed by atoms with Crippen LogP contribution in [0.25, 0.3) is 0 Å². The highest BCUT2D eigenvalue weighted by Crippen LogP contribution is 2.34. The van der Waals surface area contributed by atoms with Crippen LogP contribution in [0.15, 0.2) is 18.2 Å². The maximum atomic E-state index is 13.8. The molecule has 1 saturated carbocycles. The molecular formula is C15H22F2N2. The highest BCUT2D eigenvalue weighted by atomic mass is 19.1. The lowest BCUT2D eigenvalue weighted by Crippen LogP contribution is -2.39. The van der Waals surface area contributed by atoms with Gasteiger partial charge in [0.1, 0.15) is 11.6 Å². The molecule has 0 spiro atoms. The summed E-state index contributed by atoms with van der Waals surface area (Å²) in [4.78, 5) is 2.14. The molecule has 1 fully saturated rings. The average Bonchev–Trinajstić information content (AvgIpc) is 2.88. The summed E-state index contributed by atoms with van der Waals surface area (Å²) in [5.41, 5.74) is 6.22. The summed E-state index contributed by atoms with van der Waals surface area (Å²) in [6.45, 7) is 2.58. The average molecular weight is 268 g/mol. The third kappa shape index (κ3) is 2.95. The maximum absolute atomic E-state index is 13.8. The van der Waals surface area contributed by atoms with Gasteiger partial charge in [-0.25, -0.2) is 8.78 Å². The van der Waals surface area contributed by atoms with Crippen LogP contribution >= 0.6 is 0 Å². The van der Waals surface area contributed by atoms with Gasteiger partial charge in [-0.2, -0.15) is 0 Å². The molecule has 0 bridgehead atoms. The predicted molar refractivity (Wildman–Crippen MR) is 72.7 cm³/mol. The molecule has 2 nitrogen and oxygen atoms in total. The van der Waals surface area contributed by atoms with Gasteiger partial charge >= 0.3 is 0 Å². The van der Waals surface area contributed by atoms with E-state index in [4.69, 9.17) is 5.73 Å². The van der Waals surface area contributed by atoms with Gasteiger partial charge < -0.3 is 5.73 Å². The van der Waals surface area contributed by atoms with Crippen LogP contribution < -0.4 is 5.73 Å². The molecule has 2 rings (SSSR count). The van der Waals surface area contributed by atoms with E-state index in [-0.39, 0.29) is 11.9 Å². The van der Waals surface area contributed by atoms with E-state index in [1.54, 1.807) is 0 Å². The zero-order valence-corrected chi connectivity index (χ0v) is 11.6. The van der Waals surface area contributed by atoms with E-state index < -0.39 is 5.82 Å². The van der Waals surface area contributed by atoms with E-state index in [0.717, 1.165) is 25.3 Å². The zero-order chi connectivity index (χ0) is 14.0. The third-order valence-corrected chi connectivity index (χ3v) is 4.46. The molecule has 2 N–H and O–H groups in total. The van der Waals surface area contributed by atoms with Crippen molar-refractivity contribution in [2.24, 2.45) is 11.7 Å². The van der Waals surface area contributed by atoms with E-state index in [0.29, 0.717) is 24.1 Å². The van der Waals surface area contributed by atoms with E-state index >= 15 is 0 Å². The Bertz CT molecular complexity index is 436. The van der Waals surface area contributed by atoms with Crippen molar-refractivity contribution in [3.8, 4) is 0 Å². The predicted octanol–water partition coefficient (Wildman–Crippen LogP) is 3.08. The van der Waals surface area contributed by atoms with Crippen molar-refractivity contribution >= 4 is 0 Å². The largest absolute Gasteiger partial charge is 0.330 e. The van der Waals surface area contributed by atoms with Crippen LogP contribution in [-0.4, -0.2) is 24.5 Å². The van der Waals surface area contributed by atoms with Crippen LogP contribution in [0.4, 0.5) is 8.78 Å². The highest BCUT2D eigenvalue weighted by molar-refractivity contribution is 5.22. The van der Waals surface area contributed by atoms with E-state index in [2.05, 4.69) is 4.90 Å². The highest BCUT2D eigenvalue weighted by Gasteiger charge is 2.32. The van der Waals surface area contributed by atoms with Gasteiger partial charge in [-0.1, -0.05) is 6.42 Å². The Morgan fingerprint density at radius 3 is 2.79 bits per heavy atom. The first kappa shape index (κ1) is 14.4. The normalized spacial score (nSPS) is 24.9. The SMILES string of the molecule is CC(c1cc(F)ccc1F)N(C)C1CCCC1CN. The van der Waals surface area contributed by atoms with E-state index in [1.165, 1.54) is 12.1 Å². The van der Waals surface area contributed by atoms with Crippen molar-refractivity contribution in [3.05, 3.63) is 35.4 Å². The molecule has 0 aliphatic heterocycles. The first-order valence-corrected chi connectivity index (χ1v) is 6.91. The molecule has 19 heavy (non-hydrogen) atoms. The Morgan fingerprint density at radius 2 is 2.11 bits per heavy atom. The molecule has 0 aromatic heterocycles. The first-order valence-electron chi connectivity index (χ1n) is 6.91.